The van der Waals surface area contributed by atoms with Crippen LogP contribution >= 0.6 is 0 Å². The highest BCUT2D eigenvalue weighted by molar-refractivity contribution is 6.02. The number of benzene rings is 2. The lowest BCUT2D eigenvalue weighted by Crippen LogP contribution is -2.30. The monoisotopic (exact) mass is 506 g/mol. The number of aromatic nitrogens is 1. The predicted octanol–water partition coefficient (Wildman–Crippen LogP) is 4.95. The van der Waals surface area contributed by atoms with Gasteiger partial charge in [-0.05, 0) is 37.0 Å². The first-order valence-electron chi connectivity index (χ1n) is 12.6. The van der Waals surface area contributed by atoms with Gasteiger partial charge in [0.05, 0.1) is 43.8 Å². The molecule has 1 atom stereocenters. The Morgan fingerprint density at radius 2 is 1.73 bits per heavy atom. The van der Waals surface area contributed by atoms with Gasteiger partial charge in [-0.25, -0.2) is 4.98 Å². The Morgan fingerprint density at radius 1 is 1.03 bits per heavy atom. The van der Waals surface area contributed by atoms with Gasteiger partial charge in [-0.1, -0.05) is 49.7 Å². The molecule has 37 heavy (non-hydrogen) atoms. The topological polar surface area (TPSA) is 101 Å². The van der Waals surface area contributed by atoms with Gasteiger partial charge in [0.1, 0.15) is 22.8 Å². The summed E-state index contributed by atoms with van der Waals surface area (Å²) in [5, 5.41) is 22.3. The molecule has 1 amide bonds. The van der Waals surface area contributed by atoms with Crippen LogP contribution in [0.4, 0.5) is 0 Å². The SMILES string of the molecule is CCCCc1nc(O)c(C(=O)N2CC[C@H](OCc3ccccc3)C2)c(O)c1-c1c(OC)cccc1OC. The maximum Gasteiger partial charge on any atom is 0.263 e. The summed E-state index contributed by atoms with van der Waals surface area (Å²) in [6.07, 6.45) is 2.71. The molecule has 1 fully saturated rings. The summed E-state index contributed by atoms with van der Waals surface area (Å²) < 4.78 is 17.2. The first-order chi connectivity index (χ1) is 18.0. The van der Waals surface area contributed by atoms with Crippen molar-refractivity contribution in [3.05, 3.63) is 65.4 Å². The van der Waals surface area contributed by atoms with E-state index in [1.54, 1.807) is 23.1 Å². The summed E-state index contributed by atoms with van der Waals surface area (Å²) in [7, 11) is 3.06. The maximum atomic E-state index is 13.6. The van der Waals surface area contributed by atoms with E-state index in [0.717, 1.165) is 18.4 Å². The van der Waals surface area contributed by atoms with Crippen molar-refractivity contribution in [3.8, 4) is 34.3 Å². The molecule has 1 aliphatic heterocycles. The quantitative estimate of drug-likeness (QED) is 0.401. The molecule has 2 heterocycles. The highest BCUT2D eigenvalue weighted by Crippen LogP contribution is 2.47. The number of aromatic hydroxyl groups is 2. The van der Waals surface area contributed by atoms with Crippen molar-refractivity contribution < 1.29 is 29.2 Å². The molecule has 0 radical (unpaired) electrons. The van der Waals surface area contributed by atoms with Gasteiger partial charge < -0.3 is 29.3 Å². The number of rotatable bonds is 10. The van der Waals surface area contributed by atoms with Crippen molar-refractivity contribution in [2.24, 2.45) is 0 Å². The Bertz CT molecular complexity index is 1210. The van der Waals surface area contributed by atoms with Gasteiger partial charge in [0, 0.05) is 13.1 Å². The zero-order valence-electron chi connectivity index (χ0n) is 21.6. The van der Waals surface area contributed by atoms with Gasteiger partial charge in [-0.3, -0.25) is 4.79 Å². The number of nitrogens with zero attached hydrogens (tertiary/aromatic N) is 2. The number of carbonyl (C=O) groups is 1. The van der Waals surface area contributed by atoms with E-state index in [2.05, 4.69) is 4.98 Å². The molecule has 2 N–H and O–H groups in total. The second-order valence-electron chi connectivity index (χ2n) is 9.08. The second kappa shape index (κ2) is 12.0. The molecule has 4 rings (SSSR count). The molecule has 8 nitrogen and oxygen atoms in total. The normalized spacial score (nSPS) is 15.1. The minimum atomic E-state index is -0.495. The molecular weight excluding hydrogens is 472 g/mol. The number of hydrogen-bond donors (Lipinski definition) is 2. The van der Waals surface area contributed by atoms with Crippen LogP contribution in [-0.2, 0) is 17.8 Å². The highest BCUT2D eigenvalue weighted by atomic mass is 16.5. The molecule has 1 saturated heterocycles. The van der Waals surface area contributed by atoms with Crippen molar-refractivity contribution in [1.29, 1.82) is 0 Å². The summed E-state index contributed by atoms with van der Waals surface area (Å²) in [4.78, 5) is 19.6. The first kappa shape index (κ1) is 26.3. The number of pyridine rings is 1. The van der Waals surface area contributed by atoms with E-state index < -0.39 is 11.8 Å². The van der Waals surface area contributed by atoms with Gasteiger partial charge in [-0.15, -0.1) is 0 Å². The molecular formula is C29H34N2O6. The van der Waals surface area contributed by atoms with Gasteiger partial charge >= 0.3 is 0 Å². The fraction of sp³-hybridized carbons (Fsp3) is 0.379. The molecule has 1 aliphatic rings. The van der Waals surface area contributed by atoms with Crippen LogP contribution in [0.15, 0.2) is 48.5 Å². The summed E-state index contributed by atoms with van der Waals surface area (Å²) in [6.45, 7) is 3.30. The number of hydrogen-bond acceptors (Lipinski definition) is 7. The Hall–Kier alpha value is -3.78. The summed E-state index contributed by atoms with van der Waals surface area (Å²) in [5.74, 6) is -0.381. The fourth-order valence-electron chi connectivity index (χ4n) is 4.68. The number of ether oxygens (including phenoxy) is 3. The second-order valence-corrected chi connectivity index (χ2v) is 9.08. The average molecular weight is 507 g/mol. The lowest BCUT2D eigenvalue weighted by molar-refractivity contribution is 0.0436. The number of unbranched alkanes of at least 4 members (excludes halogenated alkanes) is 1. The van der Waals surface area contributed by atoms with Crippen molar-refractivity contribution in [2.45, 2.75) is 45.3 Å². The standard InChI is InChI=1S/C29H34N2O6/c1-4-5-12-21-24(25-22(35-2)13-9-14-23(25)36-3)27(32)26(28(33)30-21)29(34)31-16-15-20(17-31)37-18-19-10-7-6-8-11-19/h6-11,13-14,20H,4-5,12,15-18H2,1-3H3,(H2,30,32,33)/t20-/m0/s1. The molecule has 0 bridgehead atoms. The largest absolute Gasteiger partial charge is 0.506 e. The molecule has 8 heteroatoms. The molecule has 3 aromatic rings. The van der Waals surface area contributed by atoms with E-state index >= 15 is 0 Å². The molecule has 2 aromatic carbocycles. The van der Waals surface area contributed by atoms with Crippen LogP contribution in [-0.4, -0.2) is 59.4 Å². The van der Waals surface area contributed by atoms with Gasteiger partial charge in [0.25, 0.3) is 5.91 Å². The molecule has 0 aliphatic carbocycles. The number of carbonyl (C=O) groups excluding carboxylic acids is 1. The van der Waals surface area contributed by atoms with Crippen LogP contribution in [0.3, 0.4) is 0 Å². The Balaban J connectivity index is 1.67. The minimum absolute atomic E-state index is 0.140. The highest BCUT2D eigenvalue weighted by Gasteiger charge is 2.34. The van der Waals surface area contributed by atoms with E-state index in [1.807, 2.05) is 37.3 Å². The average Bonchev–Trinajstić information content (AvgIpc) is 3.40. The Kier molecular flexibility index (Phi) is 8.50. The summed E-state index contributed by atoms with van der Waals surface area (Å²) in [5.41, 5.74) is 2.13. The number of methoxy groups -OCH3 is 2. The third-order valence-electron chi connectivity index (χ3n) is 6.65. The van der Waals surface area contributed by atoms with E-state index in [0.29, 0.717) is 60.9 Å². The minimum Gasteiger partial charge on any atom is -0.506 e. The van der Waals surface area contributed by atoms with E-state index in [-0.39, 0.29) is 17.4 Å². The summed E-state index contributed by atoms with van der Waals surface area (Å²) in [6, 6.07) is 15.1. The Morgan fingerprint density at radius 3 is 2.38 bits per heavy atom. The van der Waals surface area contributed by atoms with Crippen molar-refractivity contribution in [2.75, 3.05) is 27.3 Å². The van der Waals surface area contributed by atoms with Gasteiger partial charge in [0.15, 0.2) is 0 Å². The van der Waals surface area contributed by atoms with Gasteiger partial charge in [-0.2, -0.15) is 0 Å². The number of likely N-dealkylation sites (tertiary alicyclic amines) is 1. The van der Waals surface area contributed by atoms with Crippen LogP contribution in [0.5, 0.6) is 23.1 Å². The number of amides is 1. The van der Waals surface area contributed by atoms with Crippen LogP contribution in [0.1, 0.15) is 47.8 Å². The van der Waals surface area contributed by atoms with Crippen LogP contribution < -0.4 is 9.47 Å². The molecule has 0 saturated carbocycles. The maximum absolute atomic E-state index is 13.6. The summed E-state index contributed by atoms with van der Waals surface area (Å²) >= 11 is 0. The molecule has 1 aromatic heterocycles. The third-order valence-corrected chi connectivity index (χ3v) is 6.65. The zero-order chi connectivity index (χ0) is 26.4. The van der Waals surface area contributed by atoms with Crippen LogP contribution in [0.25, 0.3) is 11.1 Å². The Labute approximate surface area is 217 Å². The molecule has 0 spiro atoms. The third kappa shape index (κ3) is 5.64. The molecule has 0 unspecified atom stereocenters. The smallest absolute Gasteiger partial charge is 0.263 e. The van der Waals surface area contributed by atoms with E-state index in [9.17, 15) is 15.0 Å². The van der Waals surface area contributed by atoms with Gasteiger partial charge in [0.2, 0.25) is 5.88 Å². The fourth-order valence-corrected chi connectivity index (χ4v) is 4.68. The van der Waals surface area contributed by atoms with Crippen LogP contribution in [0.2, 0.25) is 0 Å². The van der Waals surface area contributed by atoms with Crippen LogP contribution in [0, 0.1) is 0 Å². The van der Waals surface area contributed by atoms with Crippen molar-refractivity contribution in [1.82, 2.24) is 9.88 Å². The molecule has 196 valence electrons. The predicted molar refractivity (Wildman–Crippen MR) is 140 cm³/mol. The van der Waals surface area contributed by atoms with E-state index in [1.165, 1.54) is 14.2 Å². The first-order valence-corrected chi connectivity index (χ1v) is 12.6. The van der Waals surface area contributed by atoms with E-state index in [4.69, 9.17) is 14.2 Å². The zero-order valence-corrected chi connectivity index (χ0v) is 21.6. The van der Waals surface area contributed by atoms with Crippen molar-refractivity contribution in [3.63, 3.8) is 0 Å². The lowest BCUT2D eigenvalue weighted by Gasteiger charge is -2.22. The van der Waals surface area contributed by atoms with Crippen molar-refractivity contribution >= 4 is 5.91 Å². The number of aryl methyl sites for hydroxylation is 1. The lowest BCUT2D eigenvalue weighted by atomic mass is 9.95.